The number of hydrogen-bond donors (Lipinski definition) is 1. The van der Waals surface area contributed by atoms with Crippen molar-refractivity contribution in [2.75, 3.05) is 39.4 Å². The molecule has 4 rings (SSSR count). The first kappa shape index (κ1) is 19.5. The van der Waals surface area contributed by atoms with Gasteiger partial charge in [0.05, 0.1) is 35.5 Å². The van der Waals surface area contributed by atoms with Gasteiger partial charge in [-0.15, -0.1) is 0 Å². The number of amides is 1. The molecule has 0 radical (unpaired) electrons. The van der Waals surface area contributed by atoms with E-state index in [2.05, 4.69) is 20.3 Å². The Bertz CT molecular complexity index is 1040. The van der Waals surface area contributed by atoms with Gasteiger partial charge in [-0.2, -0.15) is 5.10 Å². The van der Waals surface area contributed by atoms with Crippen molar-refractivity contribution in [1.82, 2.24) is 25.0 Å². The number of nitrogens with one attached hydrogen (secondary N) is 1. The van der Waals surface area contributed by atoms with E-state index >= 15 is 0 Å². The summed E-state index contributed by atoms with van der Waals surface area (Å²) < 4.78 is 20.6. The fraction of sp³-hybridized carbons (Fsp3) is 0.381. The SMILES string of the molecule is Cc1cc(C(=O)NCCN2CCOCC2)c2c(C)nn(-c3cccc(F)c3)c2n1. The molecule has 3 heterocycles. The molecule has 1 aliphatic heterocycles. The monoisotopic (exact) mass is 397 g/mol. The lowest BCUT2D eigenvalue weighted by atomic mass is 10.1. The summed E-state index contributed by atoms with van der Waals surface area (Å²) in [6.07, 6.45) is 0. The van der Waals surface area contributed by atoms with Crippen LogP contribution in [0.1, 0.15) is 21.7 Å². The maximum Gasteiger partial charge on any atom is 0.252 e. The quantitative estimate of drug-likeness (QED) is 0.715. The second kappa shape index (κ2) is 8.26. The van der Waals surface area contributed by atoms with Gasteiger partial charge in [-0.25, -0.2) is 14.1 Å². The van der Waals surface area contributed by atoms with Crippen molar-refractivity contribution in [2.45, 2.75) is 13.8 Å². The van der Waals surface area contributed by atoms with Crippen LogP contribution in [0, 0.1) is 19.7 Å². The summed E-state index contributed by atoms with van der Waals surface area (Å²) >= 11 is 0. The van der Waals surface area contributed by atoms with Crippen LogP contribution in [-0.2, 0) is 4.74 Å². The molecule has 3 aromatic rings. The first-order valence-corrected chi connectivity index (χ1v) is 9.74. The van der Waals surface area contributed by atoms with E-state index in [0.717, 1.165) is 32.8 Å². The van der Waals surface area contributed by atoms with Crippen molar-refractivity contribution in [3.63, 3.8) is 0 Å². The van der Waals surface area contributed by atoms with E-state index < -0.39 is 0 Å². The number of nitrogens with zero attached hydrogens (tertiary/aromatic N) is 4. The smallest absolute Gasteiger partial charge is 0.252 e. The summed E-state index contributed by atoms with van der Waals surface area (Å²) in [4.78, 5) is 19.8. The summed E-state index contributed by atoms with van der Waals surface area (Å²) in [5, 5.41) is 8.21. The molecule has 0 unspecified atom stereocenters. The van der Waals surface area contributed by atoms with E-state index in [0.29, 0.717) is 40.2 Å². The fourth-order valence-electron chi connectivity index (χ4n) is 3.63. The Kier molecular flexibility index (Phi) is 5.55. The lowest BCUT2D eigenvalue weighted by Gasteiger charge is -2.26. The molecule has 1 N–H and O–H groups in total. The minimum absolute atomic E-state index is 0.157. The molecular formula is C21H24FN5O2. The summed E-state index contributed by atoms with van der Waals surface area (Å²) in [6.45, 7) is 8.24. The van der Waals surface area contributed by atoms with Crippen molar-refractivity contribution in [3.05, 3.63) is 53.1 Å². The lowest BCUT2D eigenvalue weighted by Crippen LogP contribution is -2.41. The average Bonchev–Trinajstić information content (AvgIpc) is 3.04. The molecule has 7 nitrogen and oxygen atoms in total. The standard InChI is InChI=1S/C21H24FN5O2/c1-14-12-18(21(28)23-6-7-26-8-10-29-11-9-26)19-15(2)25-27(20(19)24-14)17-5-3-4-16(22)13-17/h3-5,12-13H,6-11H2,1-2H3,(H,23,28). The molecule has 0 aliphatic carbocycles. The van der Waals surface area contributed by atoms with Gasteiger partial charge in [0.25, 0.3) is 5.91 Å². The molecule has 0 saturated carbocycles. The molecule has 0 atom stereocenters. The van der Waals surface area contributed by atoms with Gasteiger partial charge in [0.1, 0.15) is 5.82 Å². The van der Waals surface area contributed by atoms with E-state index in [9.17, 15) is 9.18 Å². The molecule has 1 amide bonds. The highest BCUT2D eigenvalue weighted by Gasteiger charge is 2.20. The Hall–Kier alpha value is -2.84. The first-order chi connectivity index (χ1) is 14.0. The van der Waals surface area contributed by atoms with Gasteiger partial charge < -0.3 is 10.1 Å². The van der Waals surface area contributed by atoms with E-state index in [1.165, 1.54) is 12.1 Å². The number of pyridine rings is 1. The molecule has 29 heavy (non-hydrogen) atoms. The molecule has 1 saturated heterocycles. The Morgan fingerprint density at radius 1 is 1.24 bits per heavy atom. The Morgan fingerprint density at radius 3 is 2.79 bits per heavy atom. The van der Waals surface area contributed by atoms with Crippen LogP contribution in [0.4, 0.5) is 4.39 Å². The summed E-state index contributed by atoms with van der Waals surface area (Å²) in [5.41, 5.74) is 3.03. The van der Waals surface area contributed by atoms with Crippen LogP contribution in [0.15, 0.2) is 30.3 Å². The van der Waals surface area contributed by atoms with E-state index in [1.807, 2.05) is 13.8 Å². The molecule has 2 aromatic heterocycles. The number of carbonyl (C=O) groups excluding carboxylic acids is 1. The number of morpholine rings is 1. The molecule has 0 bridgehead atoms. The molecule has 152 valence electrons. The zero-order valence-corrected chi connectivity index (χ0v) is 16.6. The molecular weight excluding hydrogens is 373 g/mol. The second-order valence-corrected chi connectivity index (χ2v) is 7.20. The number of benzene rings is 1. The molecule has 1 aliphatic rings. The minimum Gasteiger partial charge on any atom is -0.379 e. The highest BCUT2D eigenvalue weighted by molar-refractivity contribution is 6.06. The normalized spacial score (nSPS) is 15.0. The number of aryl methyl sites for hydroxylation is 2. The number of halogens is 1. The minimum atomic E-state index is -0.350. The number of rotatable bonds is 5. The van der Waals surface area contributed by atoms with Crippen LogP contribution in [0.5, 0.6) is 0 Å². The van der Waals surface area contributed by atoms with Crippen molar-refractivity contribution in [3.8, 4) is 5.69 Å². The van der Waals surface area contributed by atoms with Crippen LogP contribution in [-0.4, -0.2) is 65.0 Å². The molecule has 8 heteroatoms. The topological polar surface area (TPSA) is 72.3 Å². The number of carbonyl (C=O) groups is 1. The first-order valence-electron chi connectivity index (χ1n) is 9.74. The lowest BCUT2D eigenvalue weighted by molar-refractivity contribution is 0.0383. The third kappa shape index (κ3) is 4.13. The van der Waals surface area contributed by atoms with Gasteiger partial charge in [0.2, 0.25) is 0 Å². The highest BCUT2D eigenvalue weighted by atomic mass is 19.1. The molecule has 0 spiro atoms. The number of aromatic nitrogens is 3. The number of ether oxygens (including phenoxy) is 1. The van der Waals surface area contributed by atoms with E-state index in [-0.39, 0.29) is 11.7 Å². The maximum atomic E-state index is 13.7. The number of fused-ring (bicyclic) bond motifs is 1. The third-order valence-corrected chi connectivity index (χ3v) is 5.06. The molecule has 1 fully saturated rings. The van der Waals surface area contributed by atoms with Gasteiger partial charge in [-0.3, -0.25) is 9.69 Å². The second-order valence-electron chi connectivity index (χ2n) is 7.20. The van der Waals surface area contributed by atoms with Crippen LogP contribution in [0.3, 0.4) is 0 Å². The van der Waals surface area contributed by atoms with Crippen molar-refractivity contribution in [1.29, 1.82) is 0 Å². The van der Waals surface area contributed by atoms with Crippen molar-refractivity contribution < 1.29 is 13.9 Å². The predicted octanol–water partition coefficient (Wildman–Crippen LogP) is 2.24. The van der Waals surface area contributed by atoms with Crippen LogP contribution in [0.2, 0.25) is 0 Å². The maximum absolute atomic E-state index is 13.7. The van der Waals surface area contributed by atoms with Crippen molar-refractivity contribution in [2.24, 2.45) is 0 Å². The van der Waals surface area contributed by atoms with Crippen LogP contribution < -0.4 is 5.32 Å². The Balaban J connectivity index is 1.61. The zero-order valence-electron chi connectivity index (χ0n) is 16.6. The van der Waals surface area contributed by atoms with Gasteiger partial charge in [-0.1, -0.05) is 6.07 Å². The van der Waals surface area contributed by atoms with E-state index in [4.69, 9.17) is 4.74 Å². The van der Waals surface area contributed by atoms with E-state index in [1.54, 1.807) is 22.9 Å². The largest absolute Gasteiger partial charge is 0.379 e. The molecule has 1 aromatic carbocycles. The van der Waals surface area contributed by atoms with Gasteiger partial charge >= 0.3 is 0 Å². The summed E-state index contributed by atoms with van der Waals surface area (Å²) in [7, 11) is 0. The average molecular weight is 397 g/mol. The van der Waals surface area contributed by atoms with Gasteiger partial charge in [0, 0.05) is 31.9 Å². The van der Waals surface area contributed by atoms with Gasteiger partial charge in [-0.05, 0) is 38.1 Å². The Morgan fingerprint density at radius 2 is 2.03 bits per heavy atom. The Labute approximate surface area is 168 Å². The van der Waals surface area contributed by atoms with Crippen molar-refractivity contribution >= 4 is 16.9 Å². The summed E-state index contributed by atoms with van der Waals surface area (Å²) in [5.74, 6) is -0.506. The predicted molar refractivity (Wildman–Crippen MR) is 108 cm³/mol. The van der Waals surface area contributed by atoms with Crippen LogP contribution >= 0.6 is 0 Å². The van der Waals surface area contributed by atoms with Crippen LogP contribution in [0.25, 0.3) is 16.7 Å². The highest BCUT2D eigenvalue weighted by Crippen LogP contribution is 2.25. The summed E-state index contributed by atoms with van der Waals surface area (Å²) in [6, 6.07) is 7.95. The zero-order chi connectivity index (χ0) is 20.4. The fourth-order valence-corrected chi connectivity index (χ4v) is 3.63. The van der Waals surface area contributed by atoms with Gasteiger partial charge in [0.15, 0.2) is 5.65 Å². The third-order valence-electron chi connectivity index (χ3n) is 5.06. The number of hydrogen-bond acceptors (Lipinski definition) is 5.